The lowest BCUT2D eigenvalue weighted by molar-refractivity contribution is -0.145. The molecular weight excluding hydrogens is 200 g/mol. The van der Waals surface area contributed by atoms with E-state index in [0.717, 1.165) is 0 Å². The van der Waals surface area contributed by atoms with Crippen molar-refractivity contribution in [3.8, 4) is 0 Å². The molecule has 3 N–H and O–H groups in total. The third-order valence-corrected chi connectivity index (χ3v) is 2.11. The minimum Gasteiger partial charge on any atom is -0.481 e. The number of nitrogens with one attached hydrogen (secondary N) is 1. The molecule has 1 unspecified atom stereocenters. The molecule has 0 saturated heterocycles. The van der Waals surface area contributed by atoms with Gasteiger partial charge in [-0.05, 0) is 6.07 Å². The van der Waals surface area contributed by atoms with Gasteiger partial charge >= 0.3 is 11.9 Å². The number of hydrogen-bond acceptors (Lipinski definition) is 3. The first-order valence-corrected chi connectivity index (χ1v) is 4.32. The van der Waals surface area contributed by atoms with E-state index in [-0.39, 0.29) is 0 Å². The van der Waals surface area contributed by atoms with E-state index in [2.05, 4.69) is 4.98 Å². The Balaban J connectivity index is 2.80. The Hall–Kier alpha value is -1.98. The van der Waals surface area contributed by atoms with Crippen LogP contribution >= 0.6 is 0 Å². The molecule has 15 heavy (non-hydrogen) atoms. The maximum Gasteiger partial charge on any atom is 0.326 e. The fraction of sp³-hybridized carbons (Fsp3) is 0.333. The van der Waals surface area contributed by atoms with Gasteiger partial charge in [0, 0.05) is 19.4 Å². The number of aliphatic carboxylic acids is 2. The maximum absolute atomic E-state index is 10.9. The number of anilines is 1. The van der Waals surface area contributed by atoms with E-state index in [9.17, 15) is 9.59 Å². The van der Waals surface area contributed by atoms with Crippen molar-refractivity contribution < 1.29 is 19.8 Å². The molecule has 0 amide bonds. The third-order valence-electron chi connectivity index (χ3n) is 2.11. The number of carboxylic acid groups (broad SMARTS) is 2. The van der Waals surface area contributed by atoms with E-state index in [1.54, 1.807) is 25.5 Å². The van der Waals surface area contributed by atoms with Crippen molar-refractivity contribution >= 4 is 17.6 Å². The van der Waals surface area contributed by atoms with Gasteiger partial charge in [0.2, 0.25) is 0 Å². The molecule has 0 radical (unpaired) electrons. The molecule has 1 rings (SSSR count). The Morgan fingerprint density at radius 1 is 1.53 bits per heavy atom. The van der Waals surface area contributed by atoms with Crippen LogP contribution in [0.2, 0.25) is 0 Å². The van der Waals surface area contributed by atoms with Gasteiger partial charge in [-0.25, -0.2) is 4.79 Å². The Bertz CT molecular complexity index is 347. The molecule has 0 aromatic carbocycles. The van der Waals surface area contributed by atoms with Crippen LogP contribution in [0.4, 0.5) is 5.69 Å². The normalized spacial score (nSPS) is 12.1. The summed E-state index contributed by atoms with van der Waals surface area (Å²) in [5.74, 6) is -2.29. The van der Waals surface area contributed by atoms with E-state index >= 15 is 0 Å². The highest BCUT2D eigenvalue weighted by molar-refractivity contribution is 5.83. The first kappa shape index (κ1) is 11.1. The highest BCUT2D eigenvalue weighted by Gasteiger charge is 2.25. The van der Waals surface area contributed by atoms with Crippen molar-refractivity contribution in [1.29, 1.82) is 0 Å². The number of aromatic amines is 1. The average molecular weight is 212 g/mol. The van der Waals surface area contributed by atoms with Gasteiger partial charge in [0.15, 0.2) is 0 Å². The lowest BCUT2D eigenvalue weighted by Gasteiger charge is -2.24. The first-order valence-electron chi connectivity index (χ1n) is 4.32. The molecule has 0 bridgehead atoms. The SMILES string of the molecule is CN(c1cc[nH]c1)C(CC(=O)O)C(=O)O. The van der Waals surface area contributed by atoms with Crippen LogP contribution in [0.3, 0.4) is 0 Å². The fourth-order valence-corrected chi connectivity index (χ4v) is 1.27. The Morgan fingerprint density at radius 3 is 2.60 bits per heavy atom. The molecule has 0 aliphatic heterocycles. The summed E-state index contributed by atoms with van der Waals surface area (Å²) in [6.07, 6.45) is 2.82. The predicted octanol–water partition coefficient (Wildman–Crippen LogP) is 0.379. The van der Waals surface area contributed by atoms with Crippen molar-refractivity contribution in [2.75, 3.05) is 11.9 Å². The monoisotopic (exact) mass is 212 g/mol. The van der Waals surface area contributed by atoms with Crippen molar-refractivity contribution in [3.63, 3.8) is 0 Å². The molecule has 1 heterocycles. The number of carbonyl (C=O) groups is 2. The van der Waals surface area contributed by atoms with Crippen LogP contribution in [0.25, 0.3) is 0 Å². The molecule has 0 aliphatic rings. The van der Waals surface area contributed by atoms with Crippen LogP contribution in [-0.4, -0.2) is 40.2 Å². The Labute approximate surface area is 86.1 Å². The largest absolute Gasteiger partial charge is 0.481 e. The van der Waals surface area contributed by atoms with Crippen LogP contribution in [-0.2, 0) is 9.59 Å². The fourth-order valence-electron chi connectivity index (χ4n) is 1.27. The van der Waals surface area contributed by atoms with Gasteiger partial charge in [-0.2, -0.15) is 0 Å². The molecule has 1 atom stereocenters. The lowest BCUT2D eigenvalue weighted by Crippen LogP contribution is -2.40. The molecule has 1 aromatic heterocycles. The van der Waals surface area contributed by atoms with Gasteiger partial charge in [-0.1, -0.05) is 0 Å². The smallest absolute Gasteiger partial charge is 0.326 e. The topological polar surface area (TPSA) is 93.6 Å². The van der Waals surface area contributed by atoms with Crippen molar-refractivity contribution in [1.82, 2.24) is 4.98 Å². The minimum absolute atomic E-state index is 0.434. The zero-order valence-electron chi connectivity index (χ0n) is 8.17. The van der Waals surface area contributed by atoms with Gasteiger partial charge in [0.25, 0.3) is 0 Å². The summed E-state index contributed by atoms with van der Waals surface area (Å²) in [6.45, 7) is 0. The van der Waals surface area contributed by atoms with Crippen molar-refractivity contribution in [2.45, 2.75) is 12.5 Å². The quantitative estimate of drug-likeness (QED) is 0.656. The summed E-state index contributed by atoms with van der Waals surface area (Å²) in [6, 6.07) is 0.621. The zero-order chi connectivity index (χ0) is 11.4. The molecule has 0 saturated carbocycles. The molecule has 6 nitrogen and oxygen atoms in total. The Morgan fingerprint density at radius 2 is 2.20 bits per heavy atom. The molecule has 0 spiro atoms. The van der Waals surface area contributed by atoms with Gasteiger partial charge < -0.3 is 20.1 Å². The molecular formula is C9H12N2O4. The van der Waals surface area contributed by atoms with Crippen LogP contribution in [0, 0.1) is 0 Å². The number of H-pyrrole nitrogens is 1. The molecule has 6 heteroatoms. The van der Waals surface area contributed by atoms with Gasteiger partial charge in [0.1, 0.15) is 6.04 Å². The maximum atomic E-state index is 10.9. The predicted molar refractivity (Wildman–Crippen MR) is 52.9 cm³/mol. The van der Waals surface area contributed by atoms with E-state index in [1.807, 2.05) is 0 Å². The van der Waals surface area contributed by atoms with Crippen LogP contribution in [0.5, 0.6) is 0 Å². The second-order valence-electron chi connectivity index (χ2n) is 3.13. The molecule has 0 fully saturated rings. The number of hydrogen-bond donors (Lipinski definition) is 3. The van der Waals surface area contributed by atoms with Crippen LogP contribution in [0.1, 0.15) is 6.42 Å². The first-order chi connectivity index (χ1) is 7.02. The molecule has 0 aliphatic carbocycles. The number of aromatic nitrogens is 1. The highest BCUT2D eigenvalue weighted by atomic mass is 16.4. The van der Waals surface area contributed by atoms with Gasteiger partial charge in [0.05, 0.1) is 12.1 Å². The summed E-state index contributed by atoms with van der Waals surface area (Å²) in [5.41, 5.74) is 0.642. The van der Waals surface area contributed by atoms with Crippen LogP contribution < -0.4 is 4.90 Å². The van der Waals surface area contributed by atoms with Crippen LogP contribution in [0.15, 0.2) is 18.5 Å². The second kappa shape index (κ2) is 4.50. The number of nitrogens with zero attached hydrogens (tertiary/aromatic N) is 1. The average Bonchev–Trinajstić information content (AvgIpc) is 2.65. The number of carboxylic acids is 2. The number of rotatable bonds is 5. The summed E-state index contributed by atoms with van der Waals surface area (Å²) in [4.78, 5) is 25.5. The van der Waals surface area contributed by atoms with E-state index in [4.69, 9.17) is 10.2 Å². The van der Waals surface area contributed by atoms with Gasteiger partial charge in [-0.3, -0.25) is 4.79 Å². The van der Waals surface area contributed by atoms with E-state index in [1.165, 1.54) is 4.90 Å². The summed E-state index contributed by atoms with van der Waals surface area (Å²) < 4.78 is 0. The summed E-state index contributed by atoms with van der Waals surface area (Å²) >= 11 is 0. The Kier molecular flexibility index (Phi) is 3.33. The third kappa shape index (κ3) is 2.73. The summed E-state index contributed by atoms with van der Waals surface area (Å²) in [5, 5.41) is 17.5. The number of likely N-dealkylation sites (N-methyl/N-ethyl adjacent to an activating group) is 1. The lowest BCUT2D eigenvalue weighted by atomic mass is 10.2. The second-order valence-corrected chi connectivity index (χ2v) is 3.13. The standard InChI is InChI=1S/C9H12N2O4/c1-11(6-2-3-10-5-6)7(9(14)15)4-8(12)13/h2-3,5,7,10H,4H2,1H3,(H,12,13)(H,14,15). The van der Waals surface area contributed by atoms with E-state index < -0.39 is 24.4 Å². The highest BCUT2D eigenvalue weighted by Crippen LogP contribution is 2.15. The van der Waals surface area contributed by atoms with Crippen molar-refractivity contribution in [3.05, 3.63) is 18.5 Å². The zero-order valence-corrected chi connectivity index (χ0v) is 8.17. The minimum atomic E-state index is -1.15. The molecule has 82 valence electrons. The summed E-state index contributed by atoms with van der Waals surface area (Å²) in [7, 11) is 1.55. The molecule has 1 aromatic rings. The van der Waals surface area contributed by atoms with Crippen molar-refractivity contribution in [2.24, 2.45) is 0 Å². The van der Waals surface area contributed by atoms with E-state index in [0.29, 0.717) is 5.69 Å². The van der Waals surface area contributed by atoms with Gasteiger partial charge in [-0.15, -0.1) is 0 Å².